The summed E-state index contributed by atoms with van der Waals surface area (Å²) < 4.78 is 0. The van der Waals surface area contributed by atoms with Crippen LogP contribution in [0.3, 0.4) is 0 Å². The normalized spacial score (nSPS) is 9.18. The highest BCUT2D eigenvalue weighted by Crippen LogP contribution is 2.18. The van der Waals surface area contributed by atoms with Crippen molar-refractivity contribution in [2.45, 2.75) is 0 Å². The van der Waals surface area contributed by atoms with Crippen LogP contribution in [-0.4, -0.2) is 24.3 Å². The minimum Gasteiger partial charge on any atom is -0.381 e. The molecule has 0 aliphatic carbocycles. The van der Waals surface area contributed by atoms with Crippen LogP contribution < -0.4 is 10.6 Å². The summed E-state index contributed by atoms with van der Waals surface area (Å²) in [6.45, 7) is 0. The number of aromatic amines is 1. The van der Waals surface area contributed by atoms with Crippen molar-refractivity contribution in [1.82, 2.24) is 10.2 Å². The van der Waals surface area contributed by atoms with Gasteiger partial charge >= 0.3 is 0 Å². The summed E-state index contributed by atoms with van der Waals surface area (Å²) in [6, 6.07) is 1.96. The largest absolute Gasteiger partial charge is 0.381 e. The fourth-order valence-corrected chi connectivity index (χ4v) is 0.780. The number of nitrogens with one attached hydrogen (secondary N) is 1. The lowest BCUT2D eigenvalue weighted by molar-refractivity contribution is 1.01. The summed E-state index contributed by atoms with van der Waals surface area (Å²) in [5.74, 6) is 0.890. The van der Waals surface area contributed by atoms with E-state index in [-0.39, 0.29) is 5.82 Å². The molecule has 5 heteroatoms. The molecule has 0 fully saturated rings. The third kappa shape index (κ3) is 1.10. The van der Waals surface area contributed by atoms with Gasteiger partial charge < -0.3 is 10.6 Å². The van der Waals surface area contributed by atoms with Gasteiger partial charge in [0.2, 0.25) is 0 Å². The number of hydrogen-bond acceptors (Lipinski definition) is 4. The molecule has 0 radical (unpaired) electrons. The number of nitriles is 1. The summed E-state index contributed by atoms with van der Waals surface area (Å²) in [5.41, 5.74) is 5.80. The van der Waals surface area contributed by atoms with E-state index in [1.54, 1.807) is 4.90 Å². The fraction of sp³-hybridized carbons (Fsp3) is 0.333. The maximum Gasteiger partial charge on any atom is 0.165 e. The Morgan fingerprint density at radius 3 is 2.64 bits per heavy atom. The summed E-state index contributed by atoms with van der Waals surface area (Å²) in [6.07, 6.45) is 0. The molecule has 1 rings (SSSR count). The highest BCUT2D eigenvalue weighted by Gasteiger charge is 2.10. The SMILES string of the molecule is CN(C)c1[nH]nc(N)c1C#N. The Kier molecular flexibility index (Phi) is 1.68. The second-order valence-corrected chi connectivity index (χ2v) is 2.34. The number of nitrogens with two attached hydrogens (primary N) is 1. The average Bonchev–Trinajstić information content (AvgIpc) is 2.30. The number of anilines is 2. The van der Waals surface area contributed by atoms with Gasteiger partial charge in [0.1, 0.15) is 17.5 Å². The highest BCUT2D eigenvalue weighted by molar-refractivity contribution is 5.63. The topological polar surface area (TPSA) is 81.7 Å². The maximum atomic E-state index is 8.62. The zero-order valence-electron chi connectivity index (χ0n) is 6.42. The van der Waals surface area contributed by atoms with E-state index >= 15 is 0 Å². The van der Waals surface area contributed by atoms with Crippen molar-refractivity contribution in [3.63, 3.8) is 0 Å². The van der Waals surface area contributed by atoms with E-state index < -0.39 is 0 Å². The van der Waals surface area contributed by atoms with E-state index in [0.717, 1.165) is 0 Å². The minimum atomic E-state index is 0.246. The molecular weight excluding hydrogens is 142 g/mol. The Labute approximate surface area is 64.4 Å². The monoisotopic (exact) mass is 151 g/mol. The molecular formula is C6H9N5. The van der Waals surface area contributed by atoms with Gasteiger partial charge in [0, 0.05) is 14.1 Å². The molecule has 1 heterocycles. The van der Waals surface area contributed by atoms with Crippen molar-refractivity contribution < 1.29 is 0 Å². The lowest BCUT2D eigenvalue weighted by Crippen LogP contribution is -2.10. The summed E-state index contributed by atoms with van der Waals surface area (Å²) >= 11 is 0. The molecule has 0 bridgehead atoms. The van der Waals surface area contributed by atoms with E-state index in [9.17, 15) is 0 Å². The van der Waals surface area contributed by atoms with Crippen LogP contribution in [0.25, 0.3) is 0 Å². The highest BCUT2D eigenvalue weighted by atomic mass is 15.3. The van der Waals surface area contributed by atoms with Crippen LogP contribution in [0, 0.1) is 11.3 Å². The van der Waals surface area contributed by atoms with E-state index in [4.69, 9.17) is 11.0 Å². The van der Waals surface area contributed by atoms with Gasteiger partial charge in [0.25, 0.3) is 0 Å². The first-order valence-corrected chi connectivity index (χ1v) is 3.08. The lowest BCUT2D eigenvalue weighted by atomic mass is 10.3. The molecule has 0 aliphatic rings. The molecule has 3 N–H and O–H groups in total. The van der Waals surface area contributed by atoms with Crippen molar-refractivity contribution in [1.29, 1.82) is 5.26 Å². The molecule has 0 amide bonds. The molecule has 5 nitrogen and oxygen atoms in total. The number of aromatic nitrogens is 2. The quantitative estimate of drug-likeness (QED) is 0.588. The number of H-pyrrole nitrogens is 1. The summed E-state index contributed by atoms with van der Waals surface area (Å²) in [5, 5.41) is 15.0. The molecule has 0 atom stereocenters. The Morgan fingerprint density at radius 2 is 2.27 bits per heavy atom. The van der Waals surface area contributed by atoms with Crippen LogP contribution in [0.4, 0.5) is 11.6 Å². The van der Waals surface area contributed by atoms with Gasteiger partial charge in [0.05, 0.1) is 0 Å². The molecule has 11 heavy (non-hydrogen) atoms. The molecule has 58 valence electrons. The third-order valence-electron chi connectivity index (χ3n) is 1.33. The van der Waals surface area contributed by atoms with Crippen LogP contribution in [0.15, 0.2) is 0 Å². The van der Waals surface area contributed by atoms with Crippen molar-refractivity contribution in [2.24, 2.45) is 0 Å². The van der Waals surface area contributed by atoms with Gasteiger partial charge in [-0.25, -0.2) is 0 Å². The molecule has 0 saturated heterocycles. The van der Waals surface area contributed by atoms with Gasteiger partial charge in [-0.3, -0.25) is 5.10 Å². The number of nitrogen functional groups attached to an aromatic ring is 1. The number of hydrogen-bond donors (Lipinski definition) is 2. The molecule has 0 aliphatic heterocycles. The van der Waals surface area contributed by atoms with E-state index in [2.05, 4.69) is 10.2 Å². The van der Waals surface area contributed by atoms with Crippen molar-refractivity contribution in [3.8, 4) is 6.07 Å². The Morgan fingerprint density at radius 1 is 1.64 bits per heavy atom. The second kappa shape index (κ2) is 2.50. The van der Waals surface area contributed by atoms with Gasteiger partial charge in [0.15, 0.2) is 5.82 Å². The standard InChI is InChI=1S/C6H9N5/c1-11(2)6-4(3-7)5(8)9-10-6/h1-2H3,(H3,8,9,10). The van der Waals surface area contributed by atoms with Crippen LogP contribution in [-0.2, 0) is 0 Å². The van der Waals surface area contributed by atoms with Crippen molar-refractivity contribution >= 4 is 11.6 Å². The maximum absolute atomic E-state index is 8.62. The molecule has 1 aromatic heterocycles. The second-order valence-electron chi connectivity index (χ2n) is 2.34. The first kappa shape index (κ1) is 7.41. The predicted octanol–water partition coefficient (Wildman–Crippen LogP) is -0.0704. The first-order valence-electron chi connectivity index (χ1n) is 3.08. The van der Waals surface area contributed by atoms with Gasteiger partial charge in [-0.15, -0.1) is 0 Å². The zero-order valence-corrected chi connectivity index (χ0v) is 6.42. The minimum absolute atomic E-state index is 0.246. The molecule has 1 aromatic rings. The van der Waals surface area contributed by atoms with Gasteiger partial charge in [-0.1, -0.05) is 0 Å². The fourth-order valence-electron chi connectivity index (χ4n) is 0.780. The number of nitrogens with zero attached hydrogens (tertiary/aromatic N) is 3. The van der Waals surface area contributed by atoms with E-state index in [1.807, 2.05) is 20.2 Å². The molecule has 0 spiro atoms. The first-order chi connectivity index (χ1) is 5.16. The van der Waals surface area contributed by atoms with Crippen molar-refractivity contribution in [3.05, 3.63) is 5.56 Å². The lowest BCUT2D eigenvalue weighted by Gasteiger charge is -2.07. The van der Waals surface area contributed by atoms with Crippen LogP contribution in [0.2, 0.25) is 0 Å². The molecule has 0 aromatic carbocycles. The van der Waals surface area contributed by atoms with Crippen molar-refractivity contribution in [2.75, 3.05) is 24.7 Å². The average molecular weight is 151 g/mol. The smallest absolute Gasteiger partial charge is 0.165 e. The van der Waals surface area contributed by atoms with Gasteiger partial charge in [-0.05, 0) is 0 Å². The molecule has 0 saturated carbocycles. The third-order valence-corrected chi connectivity index (χ3v) is 1.33. The van der Waals surface area contributed by atoms with Crippen LogP contribution in [0.1, 0.15) is 5.56 Å². The van der Waals surface area contributed by atoms with E-state index in [1.165, 1.54) is 0 Å². The predicted molar refractivity (Wildman–Crippen MR) is 42.0 cm³/mol. The van der Waals surface area contributed by atoms with Crippen LogP contribution >= 0.6 is 0 Å². The van der Waals surface area contributed by atoms with Gasteiger partial charge in [-0.2, -0.15) is 10.4 Å². The number of rotatable bonds is 1. The Bertz CT molecular complexity index is 292. The Hall–Kier alpha value is -1.70. The zero-order chi connectivity index (χ0) is 8.43. The van der Waals surface area contributed by atoms with E-state index in [0.29, 0.717) is 11.4 Å². The summed E-state index contributed by atoms with van der Waals surface area (Å²) in [7, 11) is 3.63. The Balaban J connectivity index is 3.19. The molecule has 0 unspecified atom stereocenters. The summed E-state index contributed by atoms with van der Waals surface area (Å²) in [4.78, 5) is 1.75. The van der Waals surface area contributed by atoms with Crippen LogP contribution in [0.5, 0.6) is 0 Å².